The van der Waals surface area contributed by atoms with E-state index >= 15 is 0 Å². The number of aliphatic hydroxyl groups is 1. The predicted molar refractivity (Wildman–Crippen MR) is 59.2 cm³/mol. The first kappa shape index (κ1) is 11.1. The molecular weight excluding hydrogens is 209 g/mol. The number of aldehydes is 1. The Morgan fingerprint density at radius 3 is 3.00 bits per heavy atom. The van der Waals surface area contributed by atoms with Crippen molar-refractivity contribution in [3.8, 4) is 0 Å². The molecule has 16 heavy (non-hydrogen) atoms. The molecule has 0 bridgehead atoms. The number of aliphatic hydroxyl groups excluding tert-OH is 1. The summed E-state index contributed by atoms with van der Waals surface area (Å²) in [4.78, 5) is 12.7. The summed E-state index contributed by atoms with van der Waals surface area (Å²) in [5.41, 5.74) is 0.658. The van der Waals surface area contributed by atoms with E-state index in [9.17, 15) is 14.3 Å². The van der Waals surface area contributed by atoms with Gasteiger partial charge in [0.1, 0.15) is 5.82 Å². The van der Waals surface area contributed by atoms with Gasteiger partial charge in [0.2, 0.25) is 0 Å². The number of hydrogen-bond donors (Lipinski definition) is 1. The largest absolute Gasteiger partial charge is 0.391 e. The fourth-order valence-electron chi connectivity index (χ4n) is 2.09. The number of β-amino-alcohol motifs (C(OH)–C–C–N with tert-alkyl or cyclic N) is 1. The van der Waals surface area contributed by atoms with E-state index in [-0.39, 0.29) is 5.56 Å². The minimum atomic E-state index is -0.507. The lowest BCUT2D eigenvalue weighted by Crippen LogP contribution is -2.38. The number of benzene rings is 1. The first-order valence-electron chi connectivity index (χ1n) is 5.39. The summed E-state index contributed by atoms with van der Waals surface area (Å²) in [6.45, 7) is 1.21. The van der Waals surface area contributed by atoms with Gasteiger partial charge in [-0.3, -0.25) is 4.79 Å². The topological polar surface area (TPSA) is 40.5 Å². The van der Waals surface area contributed by atoms with Gasteiger partial charge in [-0.05, 0) is 25.0 Å². The van der Waals surface area contributed by atoms with Gasteiger partial charge in [0.15, 0.2) is 6.29 Å². The highest BCUT2D eigenvalue weighted by atomic mass is 19.1. The SMILES string of the molecule is O=Cc1c(F)cccc1N1CCCC(O)C1. The minimum Gasteiger partial charge on any atom is -0.391 e. The highest BCUT2D eigenvalue weighted by Gasteiger charge is 2.21. The van der Waals surface area contributed by atoms with Gasteiger partial charge >= 0.3 is 0 Å². The van der Waals surface area contributed by atoms with Gasteiger partial charge in [-0.2, -0.15) is 0 Å². The maximum Gasteiger partial charge on any atom is 0.155 e. The molecule has 1 unspecified atom stereocenters. The van der Waals surface area contributed by atoms with Crippen molar-refractivity contribution in [3.05, 3.63) is 29.6 Å². The summed E-state index contributed by atoms with van der Waals surface area (Å²) >= 11 is 0. The molecule has 1 heterocycles. The fraction of sp³-hybridized carbons (Fsp3) is 0.417. The number of carbonyl (C=O) groups is 1. The summed E-state index contributed by atoms with van der Waals surface area (Å²) in [6, 6.07) is 4.57. The van der Waals surface area contributed by atoms with Gasteiger partial charge in [-0.1, -0.05) is 6.07 Å². The van der Waals surface area contributed by atoms with E-state index in [4.69, 9.17) is 0 Å². The molecular formula is C12H14FNO2. The monoisotopic (exact) mass is 223 g/mol. The predicted octanol–water partition coefficient (Wildman–Crippen LogP) is 1.60. The first-order valence-corrected chi connectivity index (χ1v) is 5.39. The molecule has 1 saturated heterocycles. The molecule has 4 heteroatoms. The molecule has 0 aliphatic carbocycles. The third kappa shape index (κ3) is 2.07. The molecule has 0 saturated carbocycles. The first-order chi connectivity index (χ1) is 7.72. The van der Waals surface area contributed by atoms with Crippen LogP contribution in [0, 0.1) is 5.82 Å². The quantitative estimate of drug-likeness (QED) is 0.774. The molecule has 0 amide bonds. The van der Waals surface area contributed by atoms with Crippen LogP contribution in [0.1, 0.15) is 23.2 Å². The number of hydrogen-bond acceptors (Lipinski definition) is 3. The van der Waals surface area contributed by atoms with Crippen LogP contribution in [-0.2, 0) is 0 Å². The summed E-state index contributed by atoms with van der Waals surface area (Å²) in [5, 5.41) is 9.55. The van der Waals surface area contributed by atoms with Gasteiger partial charge in [0, 0.05) is 13.1 Å². The molecule has 1 aromatic carbocycles. The van der Waals surface area contributed by atoms with E-state index in [0.717, 1.165) is 19.4 Å². The molecule has 0 spiro atoms. The standard InChI is InChI=1S/C12H14FNO2/c13-11-4-1-5-12(10(11)8-15)14-6-2-3-9(16)7-14/h1,4-5,8-9,16H,2-3,6-7H2. The van der Waals surface area contributed by atoms with Crippen LogP contribution in [0.4, 0.5) is 10.1 Å². The number of rotatable bonds is 2. The lowest BCUT2D eigenvalue weighted by atomic mass is 10.1. The Kier molecular flexibility index (Phi) is 3.19. The third-order valence-corrected chi connectivity index (χ3v) is 2.88. The zero-order valence-electron chi connectivity index (χ0n) is 8.90. The summed E-state index contributed by atoms with van der Waals surface area (Å²) in [5.74, 6) is -0.507. The van der Waals surface area contributed by atoms with Crippen LogP contribution in [0.25, 0.3) is 0 Å². The highest BCUT2D eigenvalue weighted by Crippen LogP contribution is 2.24. The molecule has 0 aromatic heterocycles. The van der Waals surface area contributed by atoms with Crippen molar-refractivity contribution in [2.75, 3.05) is 18.0 Å². The molecule has 3 nitrogen and oxygen atoms in total. The summed E-state index contributed by atoms with van der Waals surface area (Å²) in [7, 11) is 0. The van der Waals surface area contributed by atoms with Crippen molar-refractivity contribution >= 4 is 12.0 Å². The second-order valence-electron chi connectivity index (χ2n) is 4.03. The van der Waals surface area contributed by atoms with Crippen molar-refractivity contribution in [1.29, 1.82) is 0 Å². The minimum absolute atomic E-state index is 0.0802. The van der Waals surface area contributed by atoms with Crippen molar-refractivity contribution in [1.82, 2.24) is 0 Å². The Labute approximate surface area is 93.5 Å². The smallest absolute Gasteiger partial charge is 0.155 e. The molecule has 1 fully saturated rings. The summed E-state index contributed by atoms with van der Waals surface area (Å²) < 4.78 is 13.4. The molecule has 1 aliphatic rings. The highest BCUT2D eigenvalue weighted by molar-refractivity contribution is 5.85. The molecule has 1 N–H and O–H groups in total. The number of anilines is 1. The lowest BCUT2D eigenvalue weighted by molar-refractivity contribution is 0.111. The average molecular weight is 223 g/mol. The molecule has 1 aliphatic heterocycles. The number of nitrogens with zero attached hydrogens (tertiary/aromatic N) is 1. The maximum atomic E-state index is 13.4. The third-order valence-electron chi connectivity index (χ3n) is 2.88. The second kappa shape index (κ2) is 4.61. The fourth-order valence-corrected chi connectivity index (χ4v) is 2.09. The van der Waals surface area contributed by atoms with E-state index in [1.54, 1.807) is 12.1 Å². The Morgan fingerprint density at radius 1 is 1.50 bits per heavy atom. The van der Waals surface area contributed by atoms with Crippen LogP contribution < -0.4 is 4.90 Å². The van der Waals surface area contributed by atoms with Crippen LogP contribution in [0.2, 0.25) is 0 Å². The van der Waals surface area contributed by atoms with Gasteiger partial charge in [-0.15, -0.1) is 0 Å². The Hall–Kier alpha value is -1.42. The van der Waals surface area contributed by atoms with Crippen LogP contribution in [0.5, 0.6) is 0 Å². The molecule has 1 atom stereocenters. The van der Waals surface area contributed by atoms with Gasteiger partial charge < -0.3 is 10.0 Å². The van der Waals surface area contributed by atoms with Crippen molar-refractivity contribution in [2.24, 2.45) is 0 Å². The van der Waals surface area contributed by atoms with Crippen LogP contribution in [-0.4, -0.2) is 30.6 Å². The van der Waals surface area contributed by atoms with E-state index in [0.29, 0.717) is 18.5 Å². The number of halogens is 1. The van der Waals surface area contributed by atoms with Crippen molar-refractivity contribution in [3.63, 3.8) is 0 Å². The van der Waals surface area contributed by atoms with Crippen LogP contribution >= 0.6 is 0 Å². The second-order valence-corrected chi connectivity index (χ2v) is 4.03. The Morgan fingerprint density at radius 2 is 2.31 bits per heavy atom. The van der Waals surface area contributed by atoms with Gasteiger partial charge in [0.25, 0.3) is 0 Å². The van der Waals surface area contributed by atoms with Crippen LogP contribution in [0.3, 0.4) is 0 Å². The lowest BCUT2D eigenvalue weighted by Gasteiger charge is -2.32. The summed E-state index contributed by atoms with van der Waals surface area (Å²) in [6.07, 6.45) is 1.76. The van der Waals surface area contributed by atoms with Gasteiger partial charge in [-0.25, -0.2) is 4.39 Å². The van der Waals surface area contributed by atoms with E-state index in [2.05, 4.69) is 0 Å². The zero-order chi connectivity index (χ0) is 11.5. The average Bonchev–Trinajstić information content (AvgIpc) is 2.28. The maximum absolute atomic E-state index is 13.4. The van der Waals surface area contributed by atoms with Crippen molar-refractivity contribution in [2.45, 2.75) is 18.9 Å². The molecule has 2 rings (SSSR count). The molecule has 0 radical (unpaired) electrons. The number of carbonyl (C=O) groups excluding carboxylic acids is 1. The Balaban J connectivity index is 2.32. The normalized spacial score (nSPS) is 20.9. The van der Waals surface area contributed by atoms with Gasteiger partial charge in [0.05, 0.1) is 17.4 Å². The molecule has 1 aromatic rings. The Bertz CT molecular complexity index is 395. The van der Waals surface area contributed by atoms with Crippen LogP contribution in [0.15, 0.2) is 18.2 Å². The molecule has 86 valence electrons. The van der Waals surface area contributed by atoms with E-state index in [1.807, 2.05) is 4.90 Å². The number of piperidine rings is 1. The van der Waals surface area contributed by atoms with Crippen molar-refractivity contribution < 1.29 is 14.3 Å². The van der Waals surface area contributed by atoms with E-state index in [1.165, 1.54) is 6.07 Å². The zero-order valence-corrected chi connectivity index (χ0v) is 8.90. The van der Waals surface area contributed by atoms with E-state index < -0.39 is 11.9 Å².